The molecule has 0 bridgehead atoms. The van der Waals surface area contributed by atoms with Crippen molar-refractivity contribution in [2.24, 2.45) is 11.7 Å². The van der Waals surface area contributed by atoms with Gasteiger partial charge >= 0.3 is 0 Å². The van der Waals surface area contributed by atoms with Crippen LogP contribution >= 0.6 is 0 Å². The van der Waals surface area contributed by atoms with E-state index >= 15 is 0 Å². The Hall–Kier alpha value is -1.49. The van der Waals surface area contributed by atoms with Gasteiger partial charge in [0.2, 0.25) is 0 Å². The number of nitrogens with two attached hydrogens (primary N) is 1. The van der Waals surface area contributed by atoms with Crippen LogP contribution in [0.3, 0.4) is 0 Å². The lowest BCUT2D eigenvalue weighted by atomic mass is 9.90. The molecule has 0 aliphatic rings. The average Bonchev–Trinajstić information content (AvgIpc) is 2.26. The maximum absolute atomic E-state index is 13.1. The van der Waals surface area contributed by atoms with Gasteiger partial charge in [0.05, 0.1) is 0 Å². The Kier molecular flexibility index (Phi) is 5.00. The van der Waals surface area contributed by atoms with Crippen LogP contribution in [-0.4, -0.2) is 18.0 Å². The summed E-state index contributed by atoms with van der Waals surface area (Å²) < 4.78 is 26.1. The van der Waals surface area contributed by atoms with Crippen LogP contribution in [0.15, 0.2) is 18.2 Å². The van der Waals surface area contributed by atoms with Crippen LogP contribution in [0.2, 0.25) is 0 Å². The van der Waals surface area contributed by atoms with Gasteiger partial charge in [-0.05, 0) is 31.4 Å². The van der Waals surface area contributed by atoms with E-state index in [2.05, 4.69) is 5.32 Å². The van der Waals surface area contributed by atoms with Crippen molar-refractivity contribution in [2.75, 3.05) is 6.54 Å². The summed E-state index contributed by atoms with van der Waals surface area (Å²) in [6.07, 6.45) is 0.688. The van der Waals surface area contributed by atoms with Gasteiger partial charge in [-0.2, -0.15) is 0 Å². The van der Waals surface area contributed by atoms with Gasteiger partial charge in [0.1, 0.15) is 11.6 Å². The van der Waals surface area contributed by atoms with E-state index in [0.717, 1.165) is 18.2 Å². The number of nitrogens with one attached hydrogen (secondary N) is 1. The van der Waals surface area contributed by atoms with Crippen molar-refractivity contribution in [1.82, 2.24) is 5.32 Å². The molecule has 1 aromatic rings. The fourth-order valence-corrected chi connectivity index (χ4v) is 2.12. The first-order valence-corrected chi connectivity index (χ1v) is 6.24. The highest BCUT2D eigenvalue weighted by Gasteiger charge is 2.26. The highest BCUT2D eigenvalue weighted by Crippen LogP contribution is 2.17. The summed E-state index contributed by atoms with van der Waals surface area (Å²) in [5.41, 5.74) is 5.05. The van der Waals surface area contributed by atoms with Crippen LogP contribution in [0, 0.1) is 17.6 Å². The molecule has 0 fully saturated rings. The molecule has 3 nitrogen and oxygen atoms in total. The highest BCUT2D eigenvalue weighted by atomic mass is 19.1. The van der Waals surface area contributed by atoms with Crippen LogP contribution in [0.5, 0.6) is 0 Å². The number of hydrogen-bond donors (Lipinski definition) is 2. The molecular formula is C14H20F2N2O. The monoisotopic (exact) mass is 270 g/mol. The fourth-order valence-electron chi connectivity index (χ4n) is 2.12. The first kappa shape index (κ1) is 15.6. The summed E-state index contributed by atoms with van der Waals surface area (Å²) in [5, 5.41) is 2.75. The molecule has 0 saturated carbocycles. The maximum atomic E-state index is 13.1. The molecule has 0 aromatic heterocycles. The number of amides is 1. The average molecular weight is 270 g/mol. The molecule has 5 heteroatoms. The zero-order valence-electron chi connectivity index (χ0n) is 11.5. The van der Waals surface area contributed by atoms with Gasteiger partial charge in [-0.3, -0.25) is 4.79 Å². The van der Waals surface area contributed by atoms with E-state index in [4.69, 9.17) is 5.73 Å². The summed E-state index contributed by atoms with van der Waals surface area (Å²) >= 11 is 0. The molecule has 1 rings (SSSR count). The zero-order valence-corrected chi connectivity index (χ0v) is 11.5. The Labute approximate surface area is 112 Å². The second-order valence-corrected chi connectivity index (χ2v) is 5.48. The molecule has 0 radical (unpaired) electrons. The number of hydrogen-bond acceptors (Lipinski definition) is 2. The predicted molar refractivity (Wildman–Crippen MR) is 70.7 cm³/mol. The number of rotatable bonds is 5. The molecule has 0 heterocycles. The lowest BCUT2D eigenvalue weighted by Gasteiger charge is -2.31. The first-order chi connectivity index (χ1) is 8.75. The van der Waals surface area contributed by atoms with Gasteiger partial charge in [-0.1, -0.05) is 13.8 Å². The minimum absolute atomic E-state index is 0.0408. The third-order valence-corrected chi connectivity index (χ3v) is 2.85. The molecule has 0 aliphatic carbocycles. The lowest BCUT2D eigenvalue weighted by molar-refractivity contribution is 0.0897. The maximum Gasteiger partial charge on any atom is 0.251 e. The molecule has 0 aliphatic heterocycles. The largest absolute Gasteiger partial charge is 0.346 e. The molecule has 1 aromatic carbocycles. The first-order valence-electron chi connectivity index (χ1n) is 6.24. The molecule has 0 spiro atoms. The molecular weight excluding hydrogens is 250 g/mol. The summed E-state index contributed by atoms with van der Waals surface area (Å²) in [6, 6.07) is 2.74. The Bertz CT molecular complexity index is 443. The minimum atomic E-state index is -0.775. The second kappa shape index (κ2) is 6.10. The molecule has 1 amide bonds. The SMILES string of the molecule is CC(C)CC(C)(CN)NC(=O)c1cc(F)cc(F)c1. The van der Waals surface area contributed by atoms with E-state index in [1.807, 2.05) is 20.8 Å². The third-order valence-electron chi connectivity index (χ3n) is 2.85. The van der Waals surface area contributed by atoms with Crippen molar-refractivity contribution in [2.45, 2.75) is 32.7 Å². The fraction of sp³-hybridized carbons (Fsp3) is 0.500. The third kappa shape index (κ3) is 4.59. The summed E-state index contributed by atoms with van der Waals surface area (Å²) in [6.45, 7) is 6.11. The van der Waals surface area contributed by atoms with E-state index in [-0.39, 0.29) is 12.1 Å². The zero-order chi connectivity index (χ0) is 14.6. The van der Waals surface area contributed by atoms with Crippen LogP contribution in [0.25, 0.3) is 0 Å². The van der Waals surface area contributed by atoms with Gasteiger partial charge in [-0.25, -0.2) is 8.78 Å². The van der Waals surface area contributed by atoms with Gasteiger partial charge in [-0.15, -0.1) is 0 Å². The minimum Gasteiger partial charge on any atom is -0.346 e. The summed E-state index contributed by atoms with van der Waals surface area (Å²) in [7, 11) is 0. The summed E-state index contributed by atoms with van der Waals surface area (Å²) in [4.78, 5) is 12.0. The molecule has 1 unspecified atom stereocenters. The molecule has 0 saturated heterocycles. The van der Waals surface area contributed by atoms with E-state index in [1.54, 1.807) is 0 Å². The molecule has 19 heavy (non-hydrogen) atoms. The standard InChI is InChI=1S/C14H20F2N2O/c1-9(2)7-14(3,8-17)18-13(19)10-4-11(15)6-12(16)5-10/h4-6,9H,7-8,17H2,1-3H3,(H,18,19). The van der Waals surface area contributed by atoms with Crippen molar-refractivity contribution in [1.29, 1.82) is 0 Å². The van der Waals surface area contributed by atoms with Crippen molar-refractivity contribution in [3.8, 4) is 0 Å². The Balaban J connectivity index is 2.88. The number of carbonyl (C=O) groups is 1. The topological polar surface area (TPSA) is 55.1 Å². The van der Waals surface area contributed by atoms with E-state index in [9.17, 15) is 13.6 Å². The van der Waals surface area contributed by atoms with Crippen LogP contribution < -0.4 is 11.1 Å². The lowest BCUT2D eigenvalue weighted by Crippen LogP contribution is -2.52. The van der Waals surface area contributed by atoms with Crippen LogP contribution in [0.1, 0.15) is 37.6 Å². The van der Waals surface area contributed by atoms with E-state index in [0.29, 0.717) is 12.3 Å². The van der Waals surface area contributed by atoms with Crippen molar-refractivity contribution >= 4 is 5.91 Å². The molecule has 1 atom stereocenters. The van der Waals surface area contributed by atoms with Crippen molar-refractivity contribution in [3.05, 3.63) is 35.4 Å². The molecule has 106 valence electrons. The van der Waals surface area contributed by atoms with Gasteiger partial charge in [0, 0.05) is 23.7 Å². The quantitative estimate of drug-likeness (QED) is 0.863. The predicted octanol–water partition coefficient (Wildman–Crippen LogP) is 2.46. The van der Waals surface area contributed by atoms with Gasteiger partial charge in [0.15, 0.2) is 0 Å². The van der Waals surface area contributed by atoms with Gasteiger partial charge in [0.25, 0.3) is 5.91 Å². The van der Waals surface area contributed by atoms with E-state index in [1.165, 1.54) is 0 Å². The molecule has 3 N–H and O–H groups in total. The normalized spacial score (nSPS) is 14.3. The second-order valence-electron chi connectivity index (χ2n) is 5.48. The Morgan fingerprint density at radius 2 is 1.84 bits per heavy atom. The number of halogens is 2. The smallest absolute Gasteiger partial charge is 0.251 e. The Morgan fingerprint density at radius 3 is 2.26 bits per heavy atom. The highest BCUT2D eigenvalue weighted by molar-refractivity contribution is 5.94. The number of carbonyl (C=O) groups excluding carboxylic acids is 1. The number of benzene rings is 1. The van der Waals surface area contributed by atoms with E-state index < -0.39 is 23.1 Å². The van der Waals surface area contributed by atoms with Crippen LogP contribution in [0.4, 0.5) is 8.78 Å². The van der Waals surface area contributed by atoms with Crippen molar-refractivity contribution < 1.29 is 13.6 Å². The summed E-state index contributed by atoms with van der Waals surface area (Å²) in [5.74, 6) is -1.72. The Morgan fingerprint density at radius 1 is 1.32 bits per heavy atom. The van der Waals surface area contributed by atoms with Gasteiger partial charge < -0.3 is 11.1 Å². The van der Waals surface area contributed by atoms with Crippen LogP contribution in [-0.2, 0) is 0 Å². The van der Waals surface area contributed by atoms with Crippen molar-refractivity contribution in [3.63, 3.8) is 0 Å².